The van der Waals surface area contributed by atoms with E-state index in [2.05, 4.69) is 46.5 Å². The number of hydrogen-bond donors (Lipinski definition) is 4. The number of fused-ring (bicyclic) bond motifs is 1. The monoisotopic (exact) mass is 513 g/mol. The molecule has 7 nitrogen and oxygen atoms in total. The number of hydrazine groups is 2. The Labute approximate surface area is 221 Å². The Hall–Kier alpha value is -3.48. The van der Waals surface area contributed by atoms with Gasteiger partial charge >= 0.3 is 0 Å². The van der Waals surface area contributed by atoms with Gasteiger partial charge in [0.15, 0.2) is 0 Å². The number of hydrogen-bond acceptors (Lipinski definition) is 7. The van der Waals surface area contributed by atoms with Crippen LogP contribution in [0.15, 0.2) is 54.5 Å². The number of rotatable bonds is 7. The SMILES string of the molecule is [B]C(Nc1cc(Cl)c2ncc(C#N)c(NC3CC3(C)C)c2c1)(C1=CN(C2CC2)NN1)c1ccc(F)cc1. The Kier molecular flexibility index (Phi) is 5.51. The summed E-state index contributed by atoms with van der Waals surface area (Å²) in [6, 6.07) is 12.7. The van der Waals surface area contributed by atoms with Gasteiger partial charge in [0.2, 0.25) is 0 Å². The molecule has 4 N–H and O–H groups in total. The maximum Gasteiger partial charge on any atom is 0.123 e. The van der Waals surface area contributed by atoms with Crippen LogP contribution in [-0.2, 0) is 5.44 Å². The molecule has 0 bridgehead atoms. The van der Waals surface area contributed by atoms with Crippen molar-refractivity contribution in [3.8, 4) is 6.07 Å². The fourth-order valence-corrected chi connectivity index (χ4v) is 5.04. The highest BCUT2D eigenvalue weighted by molar-refractivity contribution is 6.36. The lowest BCUT2D eigenvalue weighted by atomic mass is 9.69. The Morgan fingerprint density at radius 1 is 1.27 bits per heavy atom. The minimum absolute atomic E-state index is 0.151. The van der Waals surface area contributed by atoms with Crippen LogP contribution in [0.3, 0.4) is 0 Å². The Morgan fingerprint density at radius 3 is 2.65 bits per heavy atom. The van der Waals surface area contributed by atoms with Crippen LogP contribution in [0.5, 0.6) is 0 Å². The first kappa shape index (κ1) is 23.9. The van der Waals surface area contributed by atoms with Crippen LogP contribution in [0.4, 0.5) is 15.8 Å². The highest BCUT2D eigenvalue weighted by Crippen LogP contribution is 2.48. The molecule has 2 heterocycles. The second kappa shape index (κ2) is 8.54. The van der Waals surface area contributed by atoms with Crippen molar-refractivity contribution < 1.29 is 4.39 Å². The zero-order chi connectivity index (χ0) is 25.9. The molecule has 2 atom stereocenters. The molecular formula is C27H26BClFN7. The number of halogens is 2. The Balaban J connectivity index is 1.44. The van der Waals surface area contributed by atoms with Gasteiger partial charge in [0.25, 0.3) is 0 Å². The van der Waals surface area contributed by atoms with Gasteiger partial charge in [-0.3, -0.25) is 9.99 Å². The second-order valence-electron chi connectivity index (χ2n) is 10.8. The standard InChI is InChI=1S/C27H26BClFN7/c1-26(2)11-22(26)33-24-15(12-31)13-32-25-20(24)9-18(10-21(25)29)34-27(28,16-3-5-17(30)6-4-16)23-14-37(36-35-23)19-7-8-19/h3-6,9-10,13-14,19,22,34-36H,7-8,11H2,1-2H3,(H,32,33). The van der Waals surface area contributed by atoms with E-state index in [0.717, 1.165) is 24.6 Å². The molecule has 10 heteroatoms. The van der Waals surface area contributed by atoms with Crippen molar-refractivity contribution in [1.82, 2.24) is 21.0 Å². The molecule has 2 aliphatic carbocycles. The van der Waals surface area contributed by atoms with Crippen LogP contribution < -0.4 is 21.6 Å². The van der Waals surface area contributed by atoms with Crippen molar-refractivity contribution in [2.75, 3.05) is 10.6 Å². The van der Waals surface area contributed by atoms with Crippen LogP contribution in [0, 0.1) is 22.6 Å². The minimum Gasteiger partial charge on any atom is -0.380 e. The van der Waals surface area contributed by atoms with Crippen LogP contribution in [0.1, 0.15) is 44.2 Å². The van der Waals surface area contributed by atoms with Crippen molar-refractivity contribution in [1.29, 1.82) is 5.26 Å². The molecule has 0 amide bonds. The van der Waals surface area contributed by atoms with E-state index in [1.165, 1.54) is 12.1 Å². The van der Waals surface area contributed by atoms with Crippen molar-refractivity contribution in [2.24, 2.45) is 5.41 Å². The smallest absolute Gasteiger partial charge is 0.123 e. The van der Waals surface area contributed by atoms with Gasteiger partial charge in [-0.25, -0.2) is 4.39 Å². The van der Waals surface area contributed by atoms with E-state index >= 15 is 0 Å². The summed E-state index contributed by atoms with van der Waals surface area (Å²) in [7, 11) is 7.05. The highest BCUT2D eigenvalue weighted by Gasteiger charge is 2.46. The molecule has 0 spiro atoms. The van der Waals surface area contributed by atoms with Gasteiger partial charge in [-0.1, -0.05) is 37.6 Å². The van der Waals surface area contributed by atoms with E-state index < -0.39 is 5.44 Å². The van der Waals surface area contributed by atoms with E-state index in [-0.39, 0.29) is 17.3 Å². The lowest BCUT2D eigenvalue weighted by Gasteiger charge is -2.34. The summed E-state index contributed by atoms with van der Waals surface area (Å²) in [6.07, 6.45) is 6.70. The summed E-state index contributed by atoms with van der Waals surface area (Å²) in [5, 5.41) is 19.9. The number of anilines is 2. The van der Waals surface area contributed by atoms with E-state index in [1.54, 1.807) is 24.4 Å². The number of nitriles is 1. The van der Waals surface area contributed by atoms with Crippen molar-refractivity contribution in [3.63, 3.8) is 0 Å². The average Bonchev–Trinajstić information content (AvgIpc) is 3.75. The molecule has 1 aromatic heterocycles. The van der Waals surface area contributed by atoms with Crippen molar-refractivity contribution in [2.45, 2.75) is 50.6 Å². The van der Waals surface area contributed by atoms with Gasteiger partial charge < -0.3 is 16.1 Å². The molecule has 3 aromatic rings. The molecule has 1 aliphatic heterocycles. The van der Waals surface area contributed by atoms with Gasteiger partial charge in [-0.2, -0.15) is 5.26 Å². The lowest BCUT2D eigenvalue weighted by Crippen LogP contribution is -2.45. The Morgan fingerprint density at radius 2 is 2.00 bits per heavy atom. The molecule has 37 heavy (non-hydrogen) atoms. The summed E-state index contributed by atoms with van der Waals surface area (Å²) in [6.45, 7) is 4.37. The maximum absolute atomic E-state index is 13.8. The molecule has 2 saturated carbocycles. The number of nitrogens with zero attached hydrogens (tertiary/aromatic N) is 3. The molecule has 6 rings (SSSR count). The normalized spacial score (nSPS) is 21.5. The van der Waals surface area contributed by atoms with E-state index in [1.807, 2.05) is 17.3 Å². The molecule has 2 radical (unpaired) electrons. The minimum atomic E-state index is -1.24. The zero-order valence-electron chi connectivity index (χ0n) is 20.6. The molecular weight excluding hydrogens is 488 g/mol. The average molecular weight is 514 g/mol. The maximum atomic E-state index is 13.8. The van der Waals surface area contributed by atoms with E-state index in [9.17, 15) is 9.65 Å². The van der Waals surface area contributed by atoms with E-state index in [0.29, 0.717) is 44.8 Å². The van der Waals surface area contributed by atoms with Crippen LogP contribution in [-0.4, -0.2) is 29.9 Å². The third-order valence-corrected chi connectivity index (χ3v) is 7.76. The fraction of sp³-hybridized carbons (Fsp3) is 0.333. The Bertz CT molecular complexity index is 1460. The highest BCUT2D eigenvalue weighted by atomic mass is 35.5. The van der Waals surface area contributed by atoms with Gasteiger partial charge in [0, 0.05) is 35.6 Å². The first-order valence-electron chi connectivity index (χ1n) is 12.3. The number of pyridine rings is 1. The predicted molar refractivity (Wildman–Crippen MR) is 144 cm³/mol. The zero-order valence-corrected chi connectivity index (χ0v) is 21.3. The predicted octanol–water partition coefficient (Wildman–Crippen LogP) is 4.87. The van der Waals surface area contributed by atoms with Crippen molar-refractivity contribution >= 4 is 41.7 Å². The summed E-state index contributed by atoms with van der Waals surface area (Å²) in [5.41, 5.74) is 8.96. The topological polar surface area (TPSA) is 88.0 Å². The summed E-state index contributed by atoms with van der Waals surface area (Å²) >= 11 is 6.71. The molecule has 186 valence electrons. The third kappa shape index (κ3) is 4.34. The third-order valence-electron chi connectivity index (χ3n) is 7.47. The summed E-state index contributed by atoms with van der Waals surface area (Å²) in [4.78, 5) is 4.46. The molecule has 3 aliphatic rings. The summed E-state index contributed by atoms with van der Waals surface area (Å²) < 4.78 is 13.8. The van der Waals surface area contributed by atoms with Gasteiger partial charge in [-0.15, -0.1) is 5.53 Å². The molecule has 2 aromatic carbocycles. The van der Waals surface area contributed by atoms with Crippen LogP contribution in [0.2, 0.25) is 5.02 Å². The quantitative estimate of drug-likeness (QED) is 0.335. The molecule has 2 fully saturated rings. The molecule has 0 saturated heterocycles. The van der Waals surface area contributed by atoms with E-state index in [4.69, 9.17) is 19.4 Å². The fourth-order valence-electron chi connectivity index (χ4n) is 4.77. The summed E-state index contributed by atoms with van der Waals surface area (Å²) in [5.74, 6) is -0.347. The van der Waals surface area contributed by atoms with Crippen LogP contribution in [0.25, 0.3) is 10.9 Å². The number of aromatic nitrogens is 1. The van der Waals surface area contributed by atoms with Gasteiger partial charge in [0.05, 0.1) is 32.9 Å². The van der Waals surface area contributed by atoms with Crippen LogP contribution >= 0.6 is 11.6 Å². The van der Waals surface area contributed by atoms with Crippen molar-refractivity contribution in [3.05, 3.63) is 76.5 Å². The number of nitrogens with one attached hydrogen (secondary N) is 4. The second-order valence-corrected chi connectivity index (χ2v) is 11.2. The lowest BCUT2D eigenvalue weighted by molar-refractivity contribution is 0.260. The number of benzene rings is 2. The van der Waals surface area contributed by atoms with Gasteiger partial charge in [-0.05, 0) is 54.5 Å². The van der Waals surface area contributed by atoms with Gasteiger partial charge in [0.1, 0.15) is 19.7 Å². The largest absolute Gasteiger partial charge is 0.380 e. The first-order chi connectivity index (χ1) is 17.7. The molecule has 2 unspecified atom stereocenters. The first-order valence-corrected chi connectivity index (χ1v) is 12.7.